The van der Waals surface area contributed by atoms with Crippen molar-refractivity contribution in [3.05, 3.63) is 51.7 Å². The third-order valence-electron chi connectivity index (χ3n) is 5.90. The minimum absolute atomic E-state index is 0.0614. The van der Waals surface area contributed by atoms with Gasteiger partial charge in [0.2, 0.25) is 15.8 Å². The molecule has 0 aliphatic carbocycles. The van der Waals surface area contributed by atoms with Crippen LogP contribution in [0.3, 0.4) is 0 Å². The number of rotatable bonds is 4. The van der Waals surface area contributed by atoms with E-state index in [9.17, 15) is 23.1 Å². The Kier molecular flexibility index (Phi) is 5.82. The number of aromatic nitrogens is 2. The van der Waals surface area contributed by atoms with E-state index in [1.54, 1.807) is 31.2 Å². The lowest BCUT2D eigenvalue weighted by Gasteiger charge is -2.43. The zero-order valence-corrected chi connectivity index (χ0v) is 18.7. The molecule has 11 heteroatoms. The average Bonchev–Trinajstić information content (AvgIpc) is 2.77. The summed E-state index contributed by atoms with van der Waals surface area (Å²) in [6.07, 6.45) is 0.495. The van der Waals surface area contributed by atoms with Gasteiger partial charge < -0.3 is 14.6 Å². The minimum Gasteiger partial charge on any atom is -0.501 e. The van der Waals surface area contributed by atoms with Crippen LogP contribution in [0, 0.1) is 6.92 Å². The molecule has 1 aromatic carbocycles. The van der Waals surface area contributed by atoms with E-state index in [1.807, 2.05) is 6.92 Å². The van der Waals surface area contributed by atoms with Gasteiger partial charge in [0.05, 0.1) is 24.7 Å². The maximum Gasteiger partial charge on any atom is 0.361 e. The summed E-state index contributed by atoms with van der Waals surface area (Å²) in [5, 5.41) is 10.2. The number of carbonyl (C=O) groups is 1. The summed E-state index contributed by atoms with van der Waals surface area (Å²) in [7, 11) is -3.68. The molecule has 32 heavy (non-hydrogen) atoms. The Bertz CT molecular complexity index is 1200. The number of benzene rings is 1. The van der Waals surface area contributed by atoms with Crippen LogP contribution in [0.25, 0.3) is 0 Å². The van der Waals surface area contributed by atoms with Gasteiger partial charge in [0.25, 0.3) is 5.56 Å². The van der Waals surface area contributed by atoms with E-state index in [2.05, 4.69) is 4.98 Å². The number of sulfonamides is 1. The van der Waals surface area contributed by atoms with Crippen LogP contribution in [0.4, 0.5) is 0 Å². The fourth-order valence-electron chi connectivity index (χ4n) is 4.15. The zero-order chi connectivity index (χ0) is 23.1. The molecule has 4 rings (SSSR count). The highest BCUT2D eigenvalue weighted by atomic mass is 32.2. The predicted molar refractivity (Wildman–Crippen MR) is 113 cm³/mol. The second kappa shape index (κ2) is 8.30. The molecule has 0 atom stereocenters. The monoisotopic (exact) mass is 463 g/mol. The first kappa shape index (κ1) is 22.4. The van der Waals surface area contributed by atoms with Gasteiger partial charge in [0.1, 0.15) is 11.4 Å². The van der Waals surface area contributed by atoms with E-state index in [0.29, 0.717) is 0 Å². The van der Waals surface area contributed by atoms with Crippen molar-refractivity contribution < 1.29 is 27.8 Å². The van der Waals surface area contributed by atoms with Crippen LogP contribution < -0.4 is 5.56 Å². The fraction of sp³-hybridized carbons (Fsp3) is 0.476. The van der Waals surface area contributed by atoms with E-state index < -0.39 is 38.6 Å². The van der Waals surface area contributed by atoms with Gasteiger partial charge in [-0.05, 0) is 38.8 Å². The third kappa shape index (κ3) is 3.70. The van der Waals surface area contributed by atoms with Crippen molar-refractivity contribution in [2.45, 2.75) is 43.7 Å². The lowest BCUT2D eigenvalue weighted by atomic mass is 9.89. The number of fused-ring (bicyclic) bond motifs is 2. The molecule has 2 aliphatic heterocycles. The largest absolute Gasteiger partial charge is 0.501 e. The molecular formula is C21H25N3O7S. The highest BCUT2D eigenvalue weighted by Crippen LogP contribution is 2.39. The number of hydrogen-bond acceptors (Lipinski definition) is 8. The SMILES string of the molecule is CCOC(=O)c1nc2n(c(=O)c1O)CCOC21CCN(S(=O)(=O)c2ccc(C)cc2)CC1. The van der Waals surface area contributed by atoms with Gasteiger partial charge in [-0.1, -0.05) is 17.7 Å². The van der Waals surface area contributed by atoms with Crippen molar-refractivity contribution in [3.8, 4) is 5.75 Å². The molecule has 0 bridgehead atoms. The topological polar surface area (TPSA) is 128 Å². The Balaban J connectivity index is 1.66. The molecule has 172 valence electrons. The third-order valence-corrected chi connectivity index (χ3v) is 7.82. The van der Waals surface area contributed by atoms with Crippen LogP contribution >= 0.6 is 0 Å². The zero-order valence-electron chi connectivity index (χ0n) is 17.9. The van der Waals surface area contributed by atoms with Gasteiger partial charge >= 0.3 is 5.97 Å². The Morgan fingerprint density at radius 1 is 1.22 bits per heavy atom. The van der Waals surface area contributed by atoms with E-state index in [4.69, 9.17) is 9.47 Å². The maximum absolute atomic E-state index is 13.0. The van der Waals surface area contributed by atoms with Gasteiger partial charge in [0.15, 0.2) is 5.69 Å². The summed E-state index contributed by atoms with van der Waals surface area (Å²) < 4.78 is 39.7. The molecular weight excluding hydrogens is 438 g/mol. The molecule has 3 heterocycles. The molecule has 1 spiro atoms. The number of piperidine rings is 1. The number of hydrogen-bond donors (Lipinski definition) is 1. The van der Waals surface area contributed by atoms with Crippen molar-refractivity contribution in [2.24, 2.45) is 0 Å². The van der Waals surface area contributed by atoms with Crippen molar-refractivity contribution in [3.63, 3.8) is 0 Å². The smallest absolute Gasteiger partial charge is 0.361 e. The van der Waals surface area contributed by atoms with E-state index in [-0.39, 0.29) is 56.4 Å². The number of ether oxygens (including phenoxy) is 2. The van der Waals surface area contributed by atoms with Crippen molar-refractivity contribution in [1.82, 2.24) is 13.9 Å². The highest BCUT2D eigenvalue weighted by Gasteiger charge is 2.46. The Hall–Kier alpha value is -2.76. The summed E-state index contributed by atoms with van der Waals surface area (Å²) in [6, 6.07) is 6.66. The van der Waals surface area contributed by atoms with Crippen LogP contribution in [-0.4, -0.2) is 59.7 Å². The summed E-state index contributed by atoms with van der Waals surface area (Å²) in [5.41, 5.74) is -1.27. The van der Waals surface area contributed by atoms with Crippen LogP contribution in [0.15, 0.2) is 34.0 Å². The Labute approximate surface area is 185 Å². The molecule has 10 nitrogen and oxygen atoms in total. The fourth-order valence-corrected chi connectivity index (χ4v) is 5.59. The van der Waals surface area contributed by atoms with Gasteiger partial charge in [-0.2, -0.15) is 4.31 Å². The Morgan fingerprint density at radius 3 is 2.50 bits per heavy atom. The molecule has 1 saturated heterocycles. The molecule has 1 fully saturated rings. The number of aromatic hydroxyl groups is 1. The van der Waals surface area contributed by atoms with Crippen molar-refractivity contribution >= 4 is 16.0 Å². The summed E-state index contributed by atoms with van der Waals surface area (Å²) in [5.74, 6) is -1.45. The average molecular weight is 464 g/mol. The normalized spacial score (nSPS) is 18.3. The summed E-state index contributed by atoms with van der Waals surface area (Å²) in [6.45, 7) is 4.24. The summed E-state index contributed by atoms with van der Waals surface area (Å²) in [4.78, 5) is 29.4. The lowest BCUT2D eigenvalue weighted by Crippen LogP contribution is -2.52. The summed E-state index contributed by atoms with van der Waals surface area (Å²) >= 11 is 0. The first-order valence-electron chi connectivity index (χ1n) is 10.4. The van der Waals surface area contributed by atoms with E-state index in [1.165, 1.54) is 8.87 Å². The lowest BCUT2D eigenvalue weighted by molar-refractivity contribution is -0.110. The number of nitrogens with zero attached hydrogens (tertiary/aromatic N) is 3. The molecule has 1 N–H and O–H groups in total. The maximum atomic E-state index is 13.0. The molecule has 1 aromatic heterocycles. The quantitative estimate of drug-likeness (QED) is 0.669. The van der Waals surface area contributed by atoms with Gasteiger partial charge in [-0.15, -0.1) is 0 Å². The van der Waals surface area contributed by atoms with Gasteiger partial charge in [-0.3, -0.25) is 9.36 Å². The molecule has 0 saturated carbocycles. The highest BCUT2D eigenvalue weighted by molar-refractivity contribution is 7.89. The number of aryl methyl sites for hydroxylation is 1. The van der Waals surface area contributed by atoms with E-state index >= 15 is 0 Å². The second-order valence-corrected chi connectivity index (χ2v) is 9.81. The van der Waals surface area contributed by atoms with Crippen LogP contribution in [-0.2, 0) is 31.6 Å². The first-order chi connectivity index (χ1) is 15.2. The van der Waals surface area contributed by atoms with Crippen LogP contribution in [0.5, 0.6) is 5.75 Å². The first-order valence-corrected chi connectivity index (χ1v) is 11.9. The standard InChI is InChI=1S/C21H25N3O7S/c1-3-30-19(27)16-17(25)18(26)24-12-13-31-21(20(24)22-16)8-10-23(11-9-21)32(28,29)15-6-4-14(2)5-7-15/h4-7,25H,3,8-13H2,1-2H3. The molecule has 0 unspecified atom stereocenters. The molecule has 2 aromatic rings. The molecule has 0 radical (unpaired) electrons. The van der Waals surface area contributed by atoms with E-state index in [0.717, 1.165) is 5.56 Å². The van der Waals surface area contributed by atoms with Crippen molar-refractivity contribution in [2.75, 3.05) is 26.3 Å². The predicted octanol–water partition coefficient (Wildman–Crippen LogP) is 1.14. The number of esters is 1. The molecule has 0 amide bonds. The van der Waals surface area contributed by atoms with Gasteiger partial charge in [-0.25, -0.2) is 18.2 Å². The number of carbonyl (C=O) groups excluding carboxylic acids is 1. The minimum atomic E-state index is -3.68. The van der Waals surface area contributed by atoms with Gasteiger partial charge in [0, 0.05) is 13.1 Å². The second-order valence-electron chi connectivity index (χ2n) is 7.87. The molecule has 2 aliphatic rings. The van der Waals surface area contributed by atoms with Crippen LogP contribution in [0.1, 0.15) is 41.6 Å². The van der Waals surface area contributed by atoms with Crippen molar-refractivity contribution in [1.29, 1.82) is 0 Å². The Morgan fingerprint density at radius 2 is 1.88 bits per heavy atom. The van der Waals surface area contributed by atoms with Crippen LogP contribution in [0.2, 0.25) is 0 Å².